The van der Waals surface area contributed by atoms with Gasteiger partial charge in [-0.25, -0.2) is 13.1 Å². The summed E-state index contributed by atoms with van der Waals surface area (Å²) in [5.74, 6) is 0.601. The van der Waals surface area contributed by atoms with Crippen LogP contribution in [0, 0.1) is 0 Å². The third-order valence-electron chi connectivity index (χ3n) is 2.45. The van der Waals surface area contributed by atoms with E-state index in [9.17, 15) is 8.42 Å². The maximum Gasteiger partial charge on any atom is 0.240 e. The van der Waals surface area contributed by atoms with Crippen molar-refractivity contribution in [3.05, 3.63) is 22.7 Å². The van der Waals surface area contributed by atoms with Gasteiger partial charge in [-0.2, -0.15) is 0 Å². The maximum atomic E-state index is 12.0. The molecule has 0 aliphatic carbocycles. The molecular weight excluding hydrogens is 332 g/mol. The minimum absolute atomic E-state index is 0.218. The largest absolute Gasteiger partial charge is 0.496 e. The van der Waals surface area contributed by atoms with Crippen LogP contribution in [0.25, 0.3) is 0 Å². The second-order valence-corrected chi connectivity index (χ2v) is 6.57. The summed E-state index contributed by atoms with van der Waals surface area (Å²) in [7, 11) is -1.94. The van der Waals surface area contributed by atoms with E-state index < -0.39 is 10.0 Å². The van der Waals surface area contributed by atoms with E-state index in [0.717, 1.165) is 13.0 Å². The van der Waals surface area contributed by atoms with Crippen molar-refractivity contribution in [2.75, 3.05) is 26.7 Å². The van der Waals surface area contributed by atoms with Crippen LogP contribution < -0.4 is 14.8 Å². The van der Waals surface area contributed by atoms with Gasteiger partial charge in [-0.1, -0.05) is 6.92 Å². The number of methoxy groups -OCH3 is 1. The number of nitrogens with one attached hydrogen (secondary N) is 2. The number of halogens is 1. The fourth-order valence-corrected chi connectivity index (χ4v) is 3.22. The third-order valence-corrected chi connectivity index (χ3v) is 4.53. The van der Waals surface area contributed by atoms with Crippen LogP contribution in [-0.2, 0) is 10.0 Å². The molecule has 2 N–H and O–H groups in total. The number of sulfonamides is 1. The van der Waals surface area contributed by atoms with Crippen molar-refractivity contribution in [3.63, 3.8) is 0 Å². The molecule has 108 valence electrons. The molecule has 19 heavy (non-hydrogen) atoms. The summed E-state index contributed by atoms with van der Waals surface area (Å²) in [4.78, 5) is 0.218. The highest BCUT2D eigenvalue weighted by Crippen LogP contribution is 2.27. The van der Waals surface area contributed by atoms with Gasteiger partial charge in [0, 0.05) is 13.1 Å². The molecule has 0 radical (unpaired) electrons. The molecule has 0 amide bonds. The van der Waals surface area contributed by atoms with Gasteiger partial charge in [0.15, 0.2) is 0 Å². The first-order valence-corrected chi connectivity index (χ1v) is 8.32. The normalized spacial score (nSPS) is 11.5. The van der Waals surface area contributed by atoms with Gasteiger partial charge in [-0.3, -0.25) is 0 Å². The van der Waals surface area contributed by atoms with Gasteiger partial charge >= 0.3 is 0 Å². The number of hydrogen-bond acceptors (Lipinski definition) is 4. The molecule has 0 unspecified atom stereocenters. The van der Waals surface area contributed by atoms with Crippen LogP contribution in [0.15, 0.2) is 27.6 Å². The Morgan fingerprint density at radius 2 is 2.00 bits per heavy atom. The van der Waals surface area contributed by atoms with Crippen molar-refractivity contribution in [3.8, 4) is 5.75 Å². The molecule has 1 rings (SSSR count). The summed E-state index contributed by atoms with van der Waals surface area (Å²) in [6, 6.07) is 4.67. The van der Waals surface area contributed by atoms with Gasteiger partial charge < -0.3 is 10.1 Å². The van der Waals surface area contributed by atoms with Crippen molar-refractivity contribution < 1.29 is 13.2 Å². The molecule has 1 aromatic rings. The lowest BCUT2D eigenvalue weighted by atomic mass is 10.3. The first-order valence-electron chi connectivity index (χ1n) is 6.05. The Balaban J connectivity index is 2.64. The van der Waals surface area contributed by atoms with E-state index in [1.165, 1.54) is 19.2 Å². The molecule has 0 saturated carbocycles. The molecule has 5 nitrogen and oxygen atoms in total. The van der Waals surface area contributed by atoms with Crippen LogP contribution in [0.2, 0.25) is 0 Å². The zero-order chi connectivity index (χ0) is 14.3. The molecule has 0 aromatic heterocycles. The summed E-state index contributed by atoms with van der Waals surface area (Å²) >= 11 is 3.27. The summed E-state index contributed by atoms with van der Waals surface area (Å²) in [5.41, 5.74) is 0. The van der Waals surface area contributed by atoms with Gasteiger partial charge in [0.25, 0.3) is 0 Å². The quantitative estimate of drug-likeness (QED) is 0.700. The lowest BCUT2D eigenvalue weighted by Crippen LogP contribution is -2.32. The zero-order valence-corrected chi connectivity index (χ0v) is 13.5. The average Bonchev–Trinajstić information content (AvgIpc) is 2.38. The maximum absolute atomic E-state index is 12.0. The summed E-state index contributed by atoms with van der Waals surface area (Å²) in [6.45, 7) is 3.93. The summed E-state index contributed by atoms with van der Waals surface area (Å²) < 4.78 is 32.3. The fraction of sp³-hybridized carbons (Fsp3) is 0.500. The Hall–Kier alpha value is -0.630. The molecule has 0 heterocycles. The fourth-order valence-electron chi connectivity index (χ4n) is 1.47. The van der Waals surface area contributed by atoms with E-state index in [4.69, 9.17) is 4.74 Å². The minimum Gasteiger partial charge on any atom is -0.496 e. The smallest absolute Gasteiger partial charge is 0.240 e. The van der Waals surface area contributed by atoms with E-state index in [-0.39, 0.29) is 4.90 Å². The van der Waals surface area contributed by atoms with Gasteiger partial charge in [0.05, 0.1) is 16.5 Å². The van der Waals surface area contributed by atoms with Crippen LogP contribution in [0.3, 0.4) is 0 Å². The Morgan fingerprint density at radius 3 is 2.58 bits per heavy atom. The Bertz CT molecular complexity index is 506. The highest BCUT2D eigenvalue weighted by Gasteiger charge is 2.14. The lowest BCUT2D eigenvalue weighted by molar-refractivity contribution is 0.411. The molecule has 0 spiro atoms. The van der Waals surface area contributed by atoms with E-state index in [1.807, 2.05) is 0 Å². The highest BCUT2D eigenvalue weighted by atomic mass is 79.9. The van der Waals surface area contributed by atoms with Gasteiger partial charge in [0.1, 0.15) is 5.75 Å². The molecule has 0 bridgehead atoms. The standard InChI is InChI=1S/C12H19BrN2O3S/c1-3-6-14-7-8-15-19(16,17)10-4-5-12(18-2)11(13)9-10/h4-5,9,14-15H,3,6-8H2,1-2H3. The second kappa shape index (κ2) is 7.84. The van der Waals surface area contributed by atoms with Crippen molar-refractivity contribution in [1.82, 2.24) is 10.0 Å². The van der Waals surface area contributed by atoms with Gasteiger partial charge in [-0.15, -0.1) is 0 Å². The Kier molecular flexibility index (Phi) is 6.78. The molecule has 0 fully saturated rings. The van der Waals surface area contributed by atoms with Crippen LogP contribution in [0.1, 0.15) is 13.3 Å². The summed E-state index contributed by atoms with van der Waals surface area (Å²) in [6.07, 6.45) is 1.03. The van der Waals surface area contributed by atoms with Crippen molar-refractivity contribution in [1.29, 1.82) is 0 Å². The first-order chi connectivity index (χ1) is 9.01. The van der Waals surface area contributed by atoms with Crippen LogP contribution in [0.4, 0.5) is 0 Å². The molecule has 0 aliphatic rings. The van der Waals surface area contributed by atoms with Gasteiger partial charge in [0.2, 0.25) is 10.0 Å². The lowest BCUT2D eigenvalue weighted by Gasteiger charge is -2.09. The third kappa shape index (κ3) is 5.10. The Morgan fingerprint density at radius 1 is 1.26 bits per heavy atom. The zero-order valence-electron chi connectivity index (χ0n) is 11.1. The summed E-state index contributed by atoms with van der Waals surface area (Å²) in [5, 5.41) is 3.13. The van der Waals surface area contributed by atoms with Crippen molar-refractivity contribution in [2.45, 2.75) is 18.2 Å². The molecule has 7 heteroatoms. The number of benzene rings is 1. The van der Waals surface area contributed by atoms with E-state index in [1.54, 1.807) is 6.07 Å². The van der Waals surface area contributed by atoms with Crippen molar-refractivity contribution in [2.24, 2.45) is 0 Å². The number of hydrogen-bond donors (Lipinski definition) is 2. The number of ether oxygens (including phenoxy) is 1. The minimum atomic E-state index is -3.47. The monoisotopic (exact) mass is 350 g/mol. The molecule has 1 aromatic carbocycles. The molecule has 0 atom stereocenters. The van der Waals surface area contributed by atoms with E-state index >= 15 is 0 Å². The molecule has 0 aliphatic heterocycles. The second-order valence-electron chi connectivity index (χ2n) is 3.94. The highest BCUT2D eigenvalue weighted by molar-refractivity contribution is 9.10. The molecular formula is C12H19BrN2O3S. The SMILES string of the molecule is CCCNCCNS(=O)(=O)c1ccc(OC)c(Br)c1. The van der Waals surface area contributed by atoms with Crippen molar-refractivity contribution >= 4 is 26.0 Å². The predicted molar refractivity (Wildman–Crippen MR) is 79.0 cm³/mol. The topological polar surface area (TPSA) is 67.4 Å². The van der Waals surface area contributed by atoms with E-state index in [0.29, 0.717) is 23.3 Å². The number of rotatable bonds is 8. The first kappa shape index (κ1) is 16.4. The van der Waals surface area contributed by atoms with Crippen LogP contribution >= 0.6 is 15.9 Å². The Labute approximate surface area is 122 Å². The van der Waals surface area contributed by atoms with Gasteiger partial charge in [-0.05, 0) is 47.1 Å². The van der Waals surface area contributed by atoms with E-state index in [2.05, 4.69) is 32.9 Å². The predicted octanol–water partition coefficient (Wildman–Crippen LogP) is 1.74. The molecule has 0 saturated heterocycles. The average molecular weight is 351 g/mol. The van der Waals surface area contributed by atoms with Crippen LogP contribution in [-0.4, -0.2) is 35.2 Å². The van der Waals surface area contributed by atoms with Crippen LogP contribution in [0.5, 0.6) is 5.75 Å².